The van der Waals surface area contributed by atoms with E-state index in [-0.39, 0.29) is 11.4 Å². The van der Waals surface area contributed by atoms with Gasteiger partial charge < -0.3 is 14.2 Å². The van der Waals surface area contributed by atoms with Gasteiger partial charge in [0.15, 0.2) is 11.5 Å². The van der Waals surface area contributed by atoms with Crippen molar-refractivity contribution in [1.82, 2.24) is 9.29 Å². The predicted octanol–water partition coefficient (Wildman–Crippen LogP) is 3.40. The van der Waals surface area contributed by atoms with E-state index in [1.165, 1.54) is 4.31 Å². The lowest BCUT2D eigenvalue weighted by atomic mass is 10.0. The van der Waals surface area contributed by atoms with E-state index in [2.05, 4.69) is 4.98 Å². The molecule has 0 radical (unpaired) electrons. The zero-order valence-corrected chi connectivity index (χ0v) is 18.0. The van der Waals surface area contributed by atoms with E-state index in [9.17, 15) is 8.42 Å². The minimum absolute atomic E-state index is 0.234. The minimum Gasteiger partial charge on any atom is -0.493 e. The SMILES string of the molecule is CCOc1ccc(S(=O)(=O)N2CCc3cc(OC)c(OC)cc3C2)c2cccnc12. The number of methoxy groups -OCH3 is 2. The highest BCUT2D eigenvalue weighted by molar-refractivity contribution is 7.89. The normalized spacial score (nSPS) is 14.4. The Hall–Kier alpha value is -2.84. The van der Waals surface area contributed by atoms with Gasteiger partial charge in [0, 0.05) is 24.7 Å². The van der Waals surface area contributed by atoms with Crippen molar-refractivity contribution in [2.24, 2.45) is 0 Å². The molecule has 1 aliphatic rings. The minimum atomic E-state index is -3.73. The molecule has 0 amide bonds. The second-order valence-electron chi connectivity index (χ2n) is 6.96. The molecule has 0 unspecified atom stereocenters. The van der Waals surface area contributed by atoms with Gasteiger partial charge in [0.05, 0.1) is 25.7 Å². The summed E-state index contributed by atoms with van der Waals surface area (Å²) in [5.74, 6) is 1.82. The zero-order valence-electron chi connectivity index (χ0n) is 17.2. The van der Waals surface area contributed by atoms with Gasteiger partial charge in [-0.1, -0.05) is 0 Å². The molecule has 0 saturated heterocycles. The van der Waals surface area contributed by atoms with Crippen LogP contribution >= 0.6 is 0 Å². The molecule has 1 aromatic heterocycles. The van der Waals surface area contributed by atoms with Crippen LogP contribution in [0, 0.1) is 0 Å². The summed E-state index contributed by atoms with van der Waals surface area (Å²) in [6.07, 6.45) is 2.24. The molecule has 8 heteroatoms. The number of nitrogens with zero attached hydrogens (tertiary/aromatic N) is 2. The van der Waals surface area contributed by atoms with Crippen molar-refractivity contribution in [3.8, 4) is 17.2 Å². The van der Waals surface area contributed by atoms with Crippen LogP contribution in [0.15, 0.2) is 47.5 Å². The average molecular weight is 429 g/mol. The number of aromatic nitrogens is 1. The van der Waals surface area contributed by atoms with Crippen molar-refractivity contribution in [2.75, 3.05) is 27.4 Å². The van der Waals surface area contributed by atoms with E-state index < -0.39 is 10.0 Å². The molecule has 158 valence electrons. The van der Waals surface area contributed by atoms with Crippen LogP contribution in [0.2, 0.25) is 0 Å². The highest BCUT2D eigenvalue weighted by atomic mass is 32.2. The van der Waals surface area contributed by atoms with Crippen LogP contribution in [-0.2, 0) is 23.0 Å². The number of hydrogen-bond acceptors (Lipinski definition) is 6. The molecule has 0 bridgehead atoms. The Bertz CT molecular complexity index is 1190. The largest absolute Gasteiger partial charge is 0.493 e. The summed E-state index contributed by atoms with van der Waals surface area (Å²) < 4.78 is 45.0. The van der Waals surface area contributed by atoms with E-state index in [0.29, 0.717) is 47.7 Å². The molecule has 0 spiro atoms. The number of sulfonamides is 1. The summed E-state index contributed by atoms with van der Waals surface area (Å²) >= 11 is 0. The lowest BCUT2D eigenvalue weighted by molar-refractivity contribution is 0.343. The van der Waals surface area contributed by atoms with Gasteiger partial charge in [-0.05, 0) is 60.9 Å². The molecule has 0 atom stereocenters. The average Bonchev–Trinajstić information content (AvgIpc) is 2.77. The Labute approximate surface area is 176 Å². The fraction of sp³-hybridized carbons (Fsp3) is 0.318. The maximum Gasteiger partial charge on any atom is 0.244 e. The first kappa shape index (κ1) is 20.4. The van der Waals surface area contributed by atoms with Crippen LogP contribution in [-0.4, -0.2) is 45.1 Å². The van der Waals surface area contributed by atoms with Gasteiger partial charge in [-0.3, -0.25) is 4.98 Å². The van der Waals surface area contributed by atoms with Crippen LogP contribution in [0.4, 0.5) is 0 Å². The molecule has 0 aliphatic carbocycles. The predicted molar refractivity (Wildman–Crippen MR) is 114 cm³/mol. The van der Waals surface area contributed by atoms with Crippen molar-refractivity contribution in [3.05, 3.63) is 53.7 Å². The second-order valence-corrected chi connectivity index (χ2v) is 8.87. The van der Waals surface area contributed by atoms with E-state index in [1.807, 2.05) is 19.1 Å². The molecule has 2 heterocycles. The van der Waals surface area contributed by atoms with Gasteiger partial charge in [-0.15, -0.1) is 0 Å². The van der Waals surface area contributed by atoms with Crippen molar-refractivity contribution in [2.45, 2.75) is 24.8 Å². The first-order valence-corrected chi connectivity index (χ1v) is 11.2. The fourth-order valence-electron chi connectivity index (χ4n) is 3.82. The monoisotopic (exact) mass is 428 g/mol. The summed E-state index contributed by atoms with van der Waals surface area (Å²) in [7, 11) is -0.570. The molecule has 3 aromatic rings. The first-order valence-electron chi connectivity index (χ1n) is 9.74. The van der Waals surface area contributed by atoms with Gasteiger partial charge in [0.25, 0.3) is 0 Å². The lowest BCUT2D eigenvalue weighted by Gasteiger charge is -2.29. The molecular formula is C22H24N2O5S. The van der Waals surface area contributed by atoms with Crippen LogP contribution < -0.4 is 14.2 Å². The van der Waals surface area contributed by atoms with Gasteiger partial charge in [-0.2, -0.15) is 4.31 Å². The van der Waals surface area contributed by atoms with Crippen LogP contribution in [0.5, 0.6) is 17.2 Å². The number of pyridine rings is 1. The Morgan fingerprint density at radius 2 is 1.77 bits per heavy atom. The Morgan fingerprint density at radius 3 is 2.47 bits per heavy atom. The Kier molecular flexibility index (Phi) is 5.53. The van der Waals surface area contributed by atoms with Crippen molar-refractivity contribution in [3.63, 3.8) is 0 Å². The number of ether oxygens (including phenoxy) is 3. The molecule has 4 rings (SSSR count). The number of hydrogen-bond donors (Lipinski definition) is 0. The third kappa shape index (κ3) is 3.46. The van der Waals surface area contributed by atoms with E-state index in [0.717, 1.165) is 11.1 Å². The highest BCUT2D eigenvalue weighted by Gasteiger charge is 2.31. The Balaban J connectivity index is 1.75. The van der Waals surface area contributed by atoms with Gasteiger partial charge >= 0.3 is 0 Å². The number of fused-ring (bicyclic) bond motifs is 2. The maximum atomic E-state index is 13.6. The molecule has 1 aliphatic heterocycles. The molecule has 0 fully saturated rings. The summed E-state index contributed by atoms with van der Waals surface area (Å²) in [4.78, 5) is 4.59. The summed E-state index contributed by atoms with van der Waals surface area (Å²) in [5.41, 5.74) is 2.53. The smallest absolute Gasteiger partial charge is 0.244 e. The van der Waals surface area contributed by atoms with Crippen LogP contribution in [0.1, 0.15) is 18.1 Å². The number of rotatable bonds is 6. The molecule has 30 heavy (non-hydrogen) atoms. The van der Waals surface area contributed by atoms with Gasteiger partial charge in [0.1, 0.15) is 11.3 Å². The summed E-state index contributed by atoms with van der Waals surface area (Å²) in [6, 6.07) is 10.6. The summed E-state index contributed by atoms with van der Waals surface area (Å²) in [6.45, 7) is 3.02. The lowest BCUT2D eigenvalue weighted by Crippen LogP contribution is -2.36. The van der Waals surface area contributed by atoms with E-state index in [4.69, 9.17) is 14.2 Å². The van der Waals surface area contributed by atoms with Crippen molar-refractivity contribution >= 4 is 20.9 Å². The third-order valence-electron chi connectivity index (χ3n) is 5.29. The maximum absolute atomic E-state index is 13.6. The summed E-state index contributed by atoms with van der Waals surface area (Å²) in [5, 5.41) is 0.557. The van der Waals surface area contributed by atoms with E-state index >= 15 is 0 Å². The topological polar surface area (TPSA) is 78.0 Å². The molecule has 2 aromatic carbocycles. The highest BCUT2D eigenvalue weighted by Crippen LogP contribution is 2.36. The molecule has 0 N–H and O–H groups in total. The van der Waals surface area contributed by atoms with Crippen molar-refractivity contribution in [1.29, 1.82) is 0 Å². The van der Waals surface area contributed by atoms with Crippen LogP contribution in [0.3, 0.4) is 0 Å². The quantitative estimate of drug-likeness (QED) is 0.599. The van der Waals surface area contributed by atoms with Gasteiger partial charge in [0.2, 0.25) is 10.0 Å². The van der Waals surface area contributed by atoms with Crippen LogP contribution in [0.25, 0.3) is 10.9 Å². The molecule has 7 nitrogen and oxygen atoms in total. The Morgan fingerprint density at radius 1 is 1.03 bits per heavy atom. The van der Waals surface area contributed by atoms with E-state index in [1.54, 1.807) is 44.7 Å². The fourth-order valence-corrected chi connectivity index (χ4v) is 5.42. The zero-order chi connectivity index (χ0) is 21.3. The first-order chi connectivity index (χ1) is 14.5. The number of benzene rings is 2. The molecule has 0 saturated carbocycles. The molecular weight excluding hydrogens is 404 g/mol. The third-order valence-corrected chi connectivity index (χ3v) is 7.20. The standard InChI is InChI=1S/C22H24N2O5S/c1-4-29-18-7-8-21(17-6-5-10-23-22(17)18)30(25,26)24-11-9-15-12-19(27-2)20(28-3)13-16(15)14-24/h5-8,10,12-13H,4,9,11,14H2,1-3H3. The van der Waals surface area contributed by atoms with Gasteiger partial charge in [-0.25, -0.2) is 8.42 Å². The second kappa shape index (κ2) is 8.12. The van der Waals surface area contributed by atoms with Crippen molar-refractivity contribution < 1.29 is 22.6 Å².